The minimum Gasteiger partial charge on any atom is -0.462 e. The van der Waals surface area contributed by atoms with Gasteiger partial charge in [0.25, 0.3) is 5.91 Å². The molecule has 5 nitrogen and oxygen atoms in total. The quantitative estimate of drug-likeness (QED) is 0.498. The maximum absolute atomic E-state index is 13.2. The van der Waals surface area contributed by atoms with Crippen molar-refractivity contribution in [2.24, 2.45) is 4.99 Å². The minimum absolute atomic E-state index is 0.0142. The number of furan rings is 1. The third-order valence-electron chi connectivity index (χ3n) is 4.77. The topological polar surface area (TPSA) is 58.7 Å². The van der Waals surface area contributed by atoms with E-state index >= 15 is 0 Å². The van der Waals surface area contributed by atoms with E-state index in [-0.39, 0.29) is 11.9 Å². The zero-order chi connectivity index (χ0) is 18.8. The predicted octanol–water partition coefficient (Wildman–Crippen LogP) is 5.57. The van der Waals surface area contributed by atoms with Gasteiger partial charge in [-0.2, -0.15) is 0 Å². The molecule has 1 amide bonds. The molecule has 0 unspecified atom stereocenters. The summed E-state index contributed by atoms with van der Waals surface area (Å²) in [7, 11) is 0. The highest BCUT2D eigenvalue weighted by Gasteiger charge is 2.39. The molecule has 0 atom stereocenters. The van der Waals surface area contributed by atoms with Crippen molar-refractivity contribution in [3.63, 3.8) is 0 Å². The molecule has 1 aliphatic carbocycles. The van der Waals surface area contributed by atoms with Gasteiger partial charge in [0, 0.05) is 18.3 Å². The maximum Gasteiger partial charge on any atom is 0.267 e. The Kier molecular flexibility index (Phi) is 5.36. The molecule has 0 N–H and O–H groups in total. The lowest BCUT2D eigenvalue weighted by molar-refractivity contribution is -0.124. The summed E-state index contributed by atoms with van der Waals surface area (Å²) in [4.78, 5) is 24.4. The van der Waals surface area contributed by atoms with Crippen LogP contribution in [0.4, 0.5) is 5.69 Å². The molecule has 1 saturated heterocycles. The second-order valence-electron chi connectivity index (χ2n) is 6.73. The summed E-state index contributed by atoms with van der Waals surface area (Å²) in [6.45, 7) is 1.89. The van der Waals surface area contributed by atoms with Crippen molar-refractivity contribution in [3.8, 4) is 0 Å². The molecule has 7 heteroatoms. The van der Waals surface area contributed by atoms with E-state index in [1.54, 1.807) is 18.3 Å². The van der Waals surface area contributed by atoms with Gasteiger partial charge in [-0.25, -0.2) is 9.98 Å². The molecule has 1 saturated carbocycles. The maximum atomic E-state index is 13.2. The molecule has 0 radical (unpaired) electrons. The van der Waals surface area contributed by atoms with Crippen LogP contribution in [0.3, 0.4) is 0 Å². The van der Waals surface area contributed by atoms with E-state index in [2.05, 4.69) is 9.98 Å². The van der Waals surface area contributed by atoms with Gasteiger partial charge in [-0.1, -0.05) is 30.9 Å². The first kappa shape index (κ1) is 18.3. The van der Waals surface area contributed by atoms with Crippen LogP contribution in [0.25, 0.3) is 6.08 Å². The number of amides is 1. The number of pyridine rings is 1. The lowest BCUT2D eigenvalue weighted by Crippen LogP contribution is -2.40. The highest BCUT2D eigenvalue weighted by Crippen LogP contribution is 2.39. The van der Waals surface area contributed by atoms with Crippen molar-refractivity contribution in [2.75, 3.05) is 0 Å². The standard InChI is InChI=1S/C20H20ClN3O2S/c1-13-9-10-15(26-13)12-17-19(25)24(14-6-3-2-4-7-14)20(27-17)23-16-8-5-11-22-18(16)21/h5,8-12,14H,2-4,6-7H2,1H3/b17-12+,23-20?. The molecule has 0 spiro atoms. The third-order valence-corrected chi connectivity index (χ3v) is 6.04. The predicted molar refractivity (Wildman–Crippen MR) is 109 cm³/mol. The van der Waals surface area contributed by atoms with Crippen molar-refractivity contribution in [3.05, 3.63) is 52.0 Å². The average molecular weight is 402 g/mol. The summed E-state index contributed by atoms with van der Waals surface area (Å²) >= 11 is 7.55. The van der Waals surface area contributed by atoms with Crippen molar-refractivity contribution in [1.82, 2.24) is 9.88 Å². The molecule has 2 aromatic rings. The number of aryl methyl sites for hydroxylation is 1. The SMILES string of the molecule is Cc1ccc(/C=C2/SC(=Nc3cccnc3Cl)N(C3CCCCC3)C2=O)o1. The molecular weight excluding hydrogens is 382 g/mol. The molecule has 140 valence electrons. The van der Waals surface area contributed by atoms with Gasteiger partial charge in [-0.15, -0.1) is 0 Å². The number of hydrogen-bond donors (Lipinski definition) is 0. The Balaban J connectivity index is 1.71. The number of hydrogen-bond acceptors (Lipinski definition) is 5. The van der Waals surface area contributed by atoms with E-state index in [0.29, 0.717) is 26.7 Å². The molecule has 1 aliphatic heterocycles. The Bertz CT molecular complexity index is 915. The Morgan fingerprint density at radius 3 is 2.81 bits per heavy atom. The molecule has 4 rings (SSSR count). The monoisotopic (exact) mass is 401 g/mol. The van der Waals surface area contributed by atoms with E-state index in [9.17, 15) is 4.79 Å². The van der Waals surface area contributed by atoms with Crippen molar-refractivity contribution < 1.29 is 9.21 Å². The van der Waals surface area contributed by atoms with E-state index in [0.717, 1.165) is 31.4 Å². The number of carbonyl (C=O) groups excluding carboxylic acids is 1. The molecule has 2 fully saturated rings. The number of nitrogens with zero attached hydrogens (tertiary/aromatic N) is 3. The summed E-state index contributed by atoms with van der Waals surface area (Å²) in [6.07, 6.45) is 8.91. The Morgan fingerprint density at radius 2 is 2.11 bits per heavy atom. The van der Waals surface area contributed by atoms with Crippen LogP contribution >= 0.6 is 23.4 Å². The van der Waals surface area contributed by atoms with Crippen LogP contribution in [0, 0.1) is 6.92 Å². The van der Waals surface area contributed by atoms with Crippen LogP contribution < -0.4 is 0 Å². The number of carbonyl (C=O) groups is 1. The lowest BCUT2D eigenvalue weighted by Gasteiger charge is -2.30. The molecule has 27 heavy (non-hydrogen) atoms. The van der Waals surface area contributed by atoms with Crippen LogP contribution in [0.2, 0.25) is 5.15 Å². The molecule has 2 aliphatic rings. The smallest absolute Gasteiger partial charge is 0.267 e. The highest BCUT2D eigenvalue weighted by atomic mass is 35.5. The van der Waals surface area contributed by atoms with Crippen molar-refractivity contribution in [2.45, 2.75) is 45.1 Å². The normalized spacial score (nSPS) is 21.6. The molecule has 0 bridgehead atoms. The first-order valence-corrected chi connectivity index (χ1v) is 10.3. The Hall–Kier alpha value is -2.05. The largest absolute Gasteiger partial charge is 0.462 e. The first-order valence-electron chi connectivity index (χ1n) is 9.10. The molecule has 3 heterocycles. The van der Waals surface area contributed by atoms with Crippen LogP contribution in [-0.4, -0.2) is 27.0 Å². The van der Waals surface area contributed by atoms with Crippen LogP contribution in [0.1, 0.15) is 43.6 Å². The van der Waals surface area contributed by atoms with Gasteiger partial charge in [0.1, 0.15) is 17.2 Å². The van der Waals surface area contributed by atoms with Gasteiger partial charge in [0.15, 0.2) is 10.3 Å². The average Bonchev–Trinajstić information content (AvgIpc) is 3.21. The first-order chi connectivity index (χ1) is 13.1. The Morgan fingerprint density at radius 1 is 1.30 bits per heavy atom. The van der Waals surface area contributed by atoms with Gasteiger partial charge in [-0.3, -0.25) is 9.69 Å². The number of aromatic nitrogens is 1. The van der Waals surface area contributed by atoms with E-state index in [1.807, 2.05) is 30.0 Å². The fraction of sp³-hybridized carbons (Fsp3) is 0.350. The fourth-order valence-electron chi connectivity index (χ4n) is 3.45. The Labute approximate surface area is 167 Å². The summed E-state index contributed by atoms with van der Waals surface area (Å²) < 4.78 is 5.62. The van der Waals surface area contributed by atoms with E-state index in [4.69, 9.17) is 16.0 Å². The van der Waals surface area contributed by atoms with Crippen LogP contribution in [-0.2, 0) is 4.79 Å². The summed E-state index contributed by atoms with van der Waals surface area (Å²) in [6, 6.07) is 7.54. The van der Waals surface area contributed by atoms with Crippen LogP contribution in [0.15, 0.2) is 44.8 Å². The molecule has 2 aromatic heterocycles. The van der Waals surface area contributed by atoms with Crippen molar-refractivity contribution >= 4 is 46.2 Å². The molecule has 0 aromatic carbocycles. The molecular formula is C20H20ClN3O2S. The number of aliphatic imine (C=N–C) groups is 1. The zero-order valence-electron chi connectivity index (χ0n) is 15.0. The van der Waals surface area contributed by atoms with Gasteiger partial charge >= 0.3 is 0 Å². The number of thioether (sulfide) groups is 1. The second-order valence-corrected chi connectivity index (χ2v) is 8.10. The number of rotatable bonds is 3. The minimum atomic E-state index is -0.0142. The van der Waals surface area contributed by atoms with Gasteiger partial charge in [0.2, 0.25) is 0 Å². The summed E-state index contributed by atoms with van der Waals surface area (Å²) in [5, 5.41) is 0.997. The summed E-state index contributed by atoms with van der Waals surface area (Å²) in [5.41, 5.74) is 0.574. The highest BCUT2D eigenvalue weighted by molar-refractivity contribution is 8.18. The second kappa shape index (κ2) is 7.90. The lowest BCUT2D eigenvalue weighted by atomic mass is 9.94. The number of amidine groups is 1. The van der Waals surface area contributed by atoms with Gasteiger partial charge in [0.05, 0.1) is 4.91 Å². The van der Waals surface area contributed by atoms with Gasteiger partial charge in [-0.05, 0) is 55.8 Å². The summed E-state index contributed by atoms with van der Waals surface area (Å²) in [5.74, 6) is 1.48. The zero-order valence-corrected chi connectivity index (χ0v) is 16.6. The third kappa shape index (κ3) is 3.96. The van der Waals surface area contributed by atoms with Gasteiger partial charge < -0.3 is 4.42 Å². The van der Waals surface area contributed by atoms with Crippen molar-refractivity contribution in [1.29, 1.82) is 0 Å². The number of halogens is 1. The van der Waals surface area contributed by atoms with Crippen LogP contribution in [0.5, 0.6) is 0 Å². The van der Waals surface area contributed by atoms with E-state index in [1.165, 1.54) is 18.2 Å². The van der Waals surface area contributed by atoms with E-state index < -0.39 is 0 Å². The fourth-order valence-corrected chi connectivity index (χ4v) is 4.64.